The van der Waals surface area contributed by atoms with Gasteiger partial charge in [0.2, 0.25) is 11.8 Å². The van der Waals surface area contributed by atoms with Gasteiger partial charge in [-0.2, -0.15) is 0 Å². The molecule has 1 aliphatic rings. The topological polar surface area (TPSA) is 92.9 Å². The molecule has 0 spiro atoms. The highest BCUT2D eigenvalue weighted by molar-refractivity contribution is 5.91. The highest BCUT2D eigenvalue weighted by atomic mass is 16.5. The van der Waals surface area contributed by atoms with Crippen molar-refractivity contribution < 1.29 is 19.1 Å². The average Bonchev–Trinajstić information content (AvgIpc) is 2.97. The molecule has 2 amide bonds. The second-order valence-corrected chi connectivity index (χ2v) is 11.5. The minimum atomic E-state index is -0.739. The van der Waals surface area contributed by atoms with Crippen LogP contribution >= 0.6 is 0 Å². The third kappa shape index (κ3) is 6.77. The number of hydrogen-bond donors (Lipinski definition) is 1. The van der Waals surface area contributed by atoms with Crippen LogP contribution in [0.1, 0.15) is 53.4 Å². The smallest absolute Gasteiger partial charge is 0.337 e. The van der Waals surface area contributed by atoms with Gasteiger partial charge in [-0.3, -0.25) is 9.59 Å². The van der Waals surface area contributed by atoms with Gasteiger partial charge in [0.05, 0.1) is 18.7 Å². The number of methoxy groups -OCH3 is 1. The van der Waals surface area contributed by atoms with E-state index >= 15 is 0 Å². The Morgan fingerprint density at radius 2 is 1.55 bits per heavy atom. The van der Waals surface area contributed by atoms with Crippen molar-refractivity contribution in [3.05, 3.63) is 107 Å². The number of carbonyl (C=O) groups is 3. The summed E-state index contributed by atoms with van der Waals surface area (Å²) in [7, 11) is 1.35. The van der Waals surface area contributed by atoms with Gasteiger partial charge in [0.15, 0.2) is 0 Å². The Hall–Kier alpha value is -3.97. The molecule has 2 unspecified atom stereocenters. The van der Waals surface area contributed by atoms with Crippen LogP contribution < -0.4 is 5.73 Å². The summed E-state index contributed by atoms with van der Waals surface area (Å²) in [4.78, 5) is 43.5. The molecule has 210 valence electrons. The summed E-state index contributed by atoms with van der Waals surface area (Å²) < 4.78 is 4.82. The molecule has 0 aromatic heterocycles. The summed E-state index contributed by atoms with van der Waals surface area (Å²) in [6.45, 7) is 6.98. The van der Waals surface area contributed by atoms with E-state index in [1.165, 1.54) is 7.11 Å². The zero-order chi connectivity index (χ0) is 28.9. The van der Waals surface area contributed by atoms with Crippen molar-refractivity contribution >= 4 is 17.8 Å². The lowest BCUT2D eigenvalue weighted by atomic mass is 9.85. The summed E-state index contributed by atoms with van der Waals surface area (Å²) in [5.41, 5.74) is 10.6. The lowest BCUT2D eigenvalue weighted by Crippen LogP contribution is -2.59. The first-order valence-corrected chi connectivity index (χ1v) is 13.7. The third-order valence-corrected chi connectivity index (χ3v) is 7.59. The molecule has 3 aromatic rings. The molecule has 7 heteroatoms. The number of esters is 1. The Labute approximate surface area is 236 Å². The van der Waals surface area contributed by atoms with Crippen molar-refractivity contribution in [2.45, 2.75) is 58.8 Å². The largest absolute Gasteiger partial charge is 0.465 e. The van der Waals surface area contributed by atoms with E-state index < -0.39 is 23.5 Å². The highest BCUT2D eigenvalue weighted by Gasteiger charge is 2.41. The molecule has 2 atom stereocenters. The molecule has 0 aliphatic carbocycles. The van der Waals surface area contributed by atoms with Crippen molar-refractivity contribution in [1.29, 1.82) is 0 Å². The van der Waals surface area contributed by atoms with Gasteiger partial charge in [-0.15, -0.1) is 0 Å². The van der Waals surface area contributed by atoms with Crippen molar-refractivity contribution in [2.24, 2.45) is 11.1 Å². The van der Waals surface area contributed by atoms with Crippen molar-refractivity contribution in [3.8, 4) is 0 Å². The Morgan fingerprint density at radius 1 is 0.925 bits per heavy atom. The summed E-state index contributed by atoms with van der Waals surface area (Å²) in [5.74, 6) is -0.739. The van der Waals surface area contributed by atoms with E-state index in [1.807, 2.05) is 92.4 Å². The highest BCUT2D eigenvalue weighted by Crippen LogP contribution is 2.28. The van der Waals surface area contributed by atoms with Gasteiger partial charge >= 0.3 is 5.97 Å². The van der Waals surface area contributed by atoms with E-state index in [1.54, 1.807) is 17.0 Å². The fourth-order valence-corrected chi connectivity index (χ4v) is 5.00. The first kappa shape index (κ1) is 29.0. The van der Waals surface area contributed by atoms with Crippen LogP contribution in [0.5, 0.6) is 0 Å². The third-order valence-electron chi connectivity index (χ3n) is 7.59. The van der Waals surface area contributed by atoms with E-state index in [2.05, 4.69) is 0 Å². The van der Waals surface area contributed by atoms with E-state index in [0.29, 0.717) is 38.0 Å². The van der Waals surface area contributed by atoms with Crippen LogP contribution in [0.4, 0.5) is 0 Å². The summed E-state index contributed by atoms with van der Waals surface area (Å²) in [6.07, 6.45) is 1.10. The molecule has 40 heavy (non-hydrogen) atoms. The molecule has 1 heterocycles. The zero-order valence-corrected chi connectivity index (χ0v) is 23.8. The standard InChI is InChI=1S/C33H39N3O4/c1-33(2,3)29(34)31(38)36-22-27-13-9-8-12-26(27)20-28(36)30(37)35(19-18-23-10-6-5-7-11-23)21-24-14-16-25(17-15-24)32(39)40-4/h5-17,28-29H,18-22,34H2,1-4H3. The maximum atomic E-state index is 14.4. The van der Waals surface area contributed by atoms with Crippen LogP contribution in [0.25, 0.3) is 0 Å². The first-order valence-electron chi connectivity index (χ1n) is 13.7. The van der Waals surface area contributed by atoms with E-state index in [9.17, 15) is 14.4 Å². The fourth-order valence-electron chi connectivity index (χ4n) is 5.00. The van der Waals surface area contributed by atoms with Gasteiger partial charge < -0.3 is 20.3 Å². The van der Waals surface area contributed by atoms with Crippen LogP contribution in [0.3, 0.4) is 0 Å². The lowest BCUT2D eigenvalue weighted by Gasteiger charge is -2.41. The van der Waals surface area contributed by atoms with Crippen LogP contribution in [0.15, 0.2) is 78.9 Å². The van der Waals surface area contributed by atoms with Gasteiger partial charge in [0, 0.05) is 26.1 Å². The predicted molar refractivity (Wildman–Crippen MR) is 155 cm³/mol. The molecule has 4 rings (SSSR count). The van der Waals surface area contributed by atoms with Crippen molar-refractivity contribution in [2.75, 3.05) is 13.7 Å². The normalized spacial score (nSPS) is 15.6. The fraction of sp³-hybridized carbons (Fsp3) is 0.364. The Balaban J connectivity index is 1.65. The summed E-state index contributed by atoms with van der Waals surface area (Å²) in [5, 5.41) is 0. The van der Waals surface area contributed by atoms with Gasteiger partial charge in [0.1, 0.15) is 6.04 Å². The Kier molecular flexibility index (Phi) is 9.05. The van der Waals surface area contributed by atoms with E-state index in [-0.39, 0.29) is 11.8 Å². The number of rotatable bonds is 8. The van der Waals surface area contributed by atoms with E-state index in [0.717, 1.165) is 22.3 Å². The molecule has 0 fully saturated rings. The number of carbonyl (C=O) groups excluding carboxylic acids is 3. The SMILES string of the molecule is COC(=O)c1ccc(CN(CCc2ccccc2)C(=O)C2Cc3ccccc3CN2C(=O)C(N)C(C)(C)C)cc1. The van der Waals surface area contributed by atoms with Gasteiger partial charge in [0.25, 0.3) is 0 Å². The van der Waals surface area contributed by atoms with Crippen LogP contribution in [-0.2, 0) is 40.3 Å². The summed E-state index contributed by atoms with van der Waals surface area (Å²) >= 11 is 0. The van der Waals surface area contributed by atoms with Gasteiger partial charge in [-0.25, -0.2) is 4.79 Å². The predicted octanol–water partition coefficient (Wildman–Crippen LogP) is 4.37. The number of ether oxygens (including phenoxy) is 1. The molecule has 0 radical (unpaired) electrons. The average molecular weight is 542 g/mol. The lowest BCUT2D eigenvalue weighted by molar-refractivity contribution is -0.149. The number of amides is 2. The Morgan fingerprint density at radius 3 is 2.17 bits per heavy atom. The number of fused-ring (bicyclic) bond motifs is 1. The first-order chi connectivity index (χ1) is 19.1. The van der Waals surface area contributed by atoms with Crippen LogP contribution in [0.2, 0.25) is 0 Å². The van der Waals surface area contributed by atoms with Crippen LogP contribution in [0, 0.1) is 5.41 Å². The van der Waals surface area contributed by atoms with Gasteiger partial charge in [-0.1, -0.05) is 87.5 Å². The minimum absolute atomic E-state index is 0.114. The number of nitrogens with two attached hydrogens (primary N) is 1. The van der Waals surface area contributed by atoms with Crippen molar-refractivity contribution in [1.82, 2.24) is 9.80 Å². The molecule has 3 aromatic carbocycles. The molecular weight excluding hydrogens is 502 g/mol. The maximum Gasteiger partial charge on any atom is 0.337 e. The molecule has 1 aliphatic heterocycles. The molecule has 0 saturated heterocycles. The number of benzene rings is 3. The monoisotopic (exact) mass is 541 g/mol. The maximum absolute atomic E-state index is 14.4. The number of hydrogen-bond acceptors (Lipinski definition) is 5. The molecule has 0 saturated carbocycles. The summed E-state index contributed by atoms with van der Waals surface area (Å²) in [6, 6.07) is 23.7. The second-order valence-electron chi connectivity index (χ2n) is 11.5. The molecular formula is C33H39N3O4. The zero-order valence-electron chi connectivity index (χ0n) is 23.8. The number of nitrogens with zero attached hydrogens (tertiary/aromatic N) is 2. The molecule has 7 nitrogen and oxygen atoms in total. The molecule has 2 N–H and O–H groups in total. The molecule has 0 bridgehead atoms. The van der Waals surface area contributed by atoms with Crippen LogP contribution in [-0.4, -0.2) is 53.3 Å². The van der Waals surface area contributed by atoms with Gasteiger partial charge in [-0.05, 0) is 46.2 Å². The van der Waals surface area contributed by atoms with Crippen molar-refractivity contribution in [3.63, 3.8) is 0 Å². The second kappa shape index (κ2) is 12.5. The quantitative estimate of drug-likeness (QED) is 0.428. The Bertz CT molecular complexity index is 1330. The minimum Gasteiger partial charge on any atom is -0.465 e. The van der Waals surface area contributed by atoms with E-state index in [4.69, 9.17) is 10.5 Å².